The van der Waals surface area contributed by atoms with Crippen molar-refractivity contribution in [2.75, 3.05) is 41.9 Å². The van der Waals surface area contributed by atoms with E-state index in [4.69, 9.17) is 14.2 Å². The summed E-state index contributed by atoms with van der Waals surface area (Å²) >= 11 is 0. The number of methoxy groups -OCH3 is 2. The predicted molar refractivity (Wildman–Crippen MR) is 257 cm³/mol. The Morgan fingerprint density at radius 1 is 0.773 bits per heavy atom. The lowest BCUT2D eigenvalue weighted by Gasteiger charge is -2.41. The number of likely N-dealkylation sites (N-methyl/N-ethyl adjacent to an activating group) is 2. The van der Waals surface area contributed by atoms with Crippen LogP contribution in [0.25, 0.3) is 0 Å². The number of benzene rings is 2. The van der Waals surface area contributed by atoms with Gasteiger partial charge in [0, 0.05) is 46.2 Å². The number of amides is 4. The molecule has 0 spiro atoms. The first-order chi connectivity index (χ1) is 31.3. The average molecular weight is 920 g/mol. The highest BCUT2D eigenvalue weighted by Crippen LogP contribution is 2.31. The van der Waals surface area contributed by atoms with Gasteiger partial charge in [0.2, 0.25) is 23.6 Å². The Hall–Kier alpha value is -4.66. The summed E-state index contributed by atoms with van der Waals surface area (Å²) in [4.78, 5) is 87.4. The number of ether oxygens (including phenoxy) is 3. The molecule has 1 heterocycles. The fourth-order valence-corrected chi connectivity index (χ4v) is 9.47. The molecular formula is C52H81N5O9. The lowest BCUT2D eigenvalue weighted by atomic mass is 9.89. The van der Waals surface area contributed by atoms with Gasteiger partial charge < -0.3 is 34.6 Å². The fraction of sp³-hybridized carbons (Fsp3) is 0.654. The van der Waals surface area contributed by atoms with E-state index < -0.39 is 60.4 Å². The van der Waals surface area contributed by atoms with Crippen LogP contribution in [0, 0.1) is 23.7 Å². The molecule has 14 nitrogen and oxygen atoms in total. The van der Waals surface area contributed by atoms with Crippen molar-refractivity contribution in [2.24, 2.45) is 23.7 Å². The number of hydrogen-bond acceptors (Lipinski definition) is 10. The van der Waals surface area contributed by atoms with Crippen LogP contribution < -0.4 is 10.6 Å². The Balaban J connectivity index is 1.72. The van der Waals surface area contributed by atoms with Crippen molar-refractivity contribution >= 4 is 35.4 Å². The van der Waals surface area contributed by atoms with Gasteiger partial charge in [0.15, 0.2) is 5.78 Å². The minimum atomic E-state index is -0.785. The number of carbonyl (C=O) groups is 6. The summed E-state index contributed by atoms with van der Waals surface area (Å²) in [6.45, 7) is 15.9. The third-order valence-corrected chi connectivity index (χ3v) is 13.3. The molecule has 3 rings (SSSR count). The summed E-state index contributed by atoms with van der Waals surface area (Å²) in [5.74, 6) is -2.24. The van der Waals surface area contributed by atoms with Gasteiger partial charge in [-0.3, -0.25) is 33.7 Å². The smallest absolute Gasteiger partial charge is 0.306 e. The molecule has 1 saturated heterocycles. The summed E-state index contributed by atoms with van der Waals surface area (Å²) in [5, 5.41) is 6.12. The van der Waals surface area contributed by atoms with Gasteiger partial charge in [-0.25, -0.2) is 0 Å². The number of ketones is 1. The van der Waals surface area contributed by atoms with E-state index in [9.17, 15) is 28.8 Å². The first kappa shape index (κ1) is 55.7. The number of rotatable bonds is 27. The van der Waals surface area contributed by atoms with Crippen molar-refractivity contribution in [1.82, 2.24) is 25.3 Å². The molecule has 0 aromatic heterocycles. The molecule has 2 N–H and O–H groups in total. The number of nitrogens with zero attached hydrogens (tertiary/aromatic N) is 3. The van der Waals surface area contributed by atoms with Gasteiger partial charge in [0.25, 0.3) is 0 Å². The van der Waals surface area contributed by atoms with E-state index >= 15 is 0 Å². The van der Waals surface area contributed by atoms with Crippen LogP contribution in [0.1, 0.15) is 129 Å². The van der Waals surface area contributed by atoms with Crippen molar-refractivity contribution in [3.63, 3.8) is 0 Å². The van der Waals surface area contributed by atoms with E-state index in [0.29, 0.717) is 37.8 Å². The Labute approximate surface area is 395 Å². The Bertz CT molecular complexity index is 1840. The third-order valence-electron chi connectivity index (χ3n) is 13.3. The van der Waals surface area contributed by atoms with Crippen LogP contribution in [-0.2, 0) is 38.2 Å². The van der Waals surface area contributed by atoms with E-state index in [1.807, 2.05) is 109 Å². The predicted octanol–water partition coefficient (Wildman–Crippen LogP) is 6.87. The Morgan fingerprint density at radius 3 is 1.92 bits per heavy atom. The maximum Gasteiger partial charge on any atom is 0.306 e. The van der Waals surface area contributed by atoms with Gasteiger partial charge in [-0.1, -0.05) is 116 Å². The summed E-state index contributed by atoms with van der Waals surface area (Å²) in [6, 6.07) is 15.7. The largest absolute Gasteiger partial charge is 0.455 e. The molecule has 66 heavy (non-hydrogen) atoms. The number of hydrogen-bond donors (Lipinski definition) is 2. The highest BCUT2D eigenvalue weighted by molar-refractivity contribution is 5.96. The molecule has 4 amide bonds. The monoisotopic (exact) mass is 920 g/mol. The number of carbonyl (C=O) groups excluding carboxylic acids is 6. The molecule has 10 atom stereocenters. The van der Waals surface area contributed by atoms with E-state index in [0.717, 1.165) is 18.4 Å². The molecule has 1 aliphatic heterocycles. The molecule has 368 valence electrons. The van der Waals surface area contributed by atoms with Crippen LogP contribution in [0.4, 0.5) is 0 Å². The number of nitrogens with one attached hydrogen (secondary N) is 2. The van der Waals surface area contributed by atoms with Crippen LogP contribution in [0.15, 0.2) is 60.7 Å². The summed E-state index contributed by atoms with van der Waals surface area (Å²) < 4.78 is 18.1. The fourth-order valence-electron chi connectivity index (χ4n) is 9.47. The lowest BCUT2D eigenvalue weighted by Crippen LogP contribution is -2.59. The molecule has 2 unspecified atom stereocenters. The van der Waals surface area contributed by atoms with Crippen molar-refractivity contribution in [1.29, 1.82) is 0 Å². The third kappa shape index (κ3) is 15.4. The molecule has 0 radical (unpaired) electrons. The van der Waals surface area contributed by atoms with Crippen LogP contribution in [-0.4, -0.2) is 134 Å². The van der Waals surface area contributed by atoms with Crippen molar-refractivity contribution in [2.45, 2.75) is 155 Å². The zero-order chi connectivity index (χ0) is 49.2. The molecular weight excluding hydrogens is 839 g/mol. The van der Waals surface area contributed by atoms with Crippen LogP contribution in [0.2, 0.25) is 0 Å². The number of esters is 1. The molecule has 0 saturated carbocycles. The number of likely N-dealkylation sites (tertiary alicyclic amines) is 1. The highest BCUT2D eigenvalue weighted by Gasteiger charge is 2.43. The minimum absolute atomic E-state index is 0.00408. The van der Waals surface area contributed by atoms with Gasteiger partial charge in [-0.2, -0.15) is 0 Å². The Kier molecular flexibility index (Phi) is 23.0. The second-order valence-electron chi connectivity index (χ2n) is 19.1. The van der Waals surface area contributed by atoms with Gasteiger partial charge in [-0.05, 0) is 70.0 Å². The van der Waals surface area contributed by atoms with E-state index in [-0.39, 0.29) is 60.0 Å². The minimum Gasteiger partial charge on any atom is -0.455 e. The average Bonchev–Trinajstić information content (AvgIpc) is 3.78. The molecule has 2 aromatic carbocycles. The van der Waals surface area contributed by atoms with Gasteiger partial charge in [-0.15, -0.1) is 0 Å². The second kappa shape index (κ2) is 27.2. The summed E-state index contributed by atoms with van der Waals surface area (Å²) in [7, 11) is 8.53. The van der Waals surface area contributed by atoms with Gasteiger partial charge >= 0.3 is 5.97 Å². The molecule has 14 heteroatoms. The van der Waals surface area contributed by atoms with Crippen molar-refractivity contribution < 1.29 is 43.0 Å². The molecule has 0 aliphatic carbocycles. The van der Waals surface area contributed by atoms with Crippen molar-refractivity contribution in [3.05, 3.63) is 71.8 Å². The summed E-state index contributed by atoms with van der Waals surface area (Å²) in [6.07, 6.45) is 1.46. The maximum absolute atomic E-state index is 14.4. The normalized spacial score (nSPS) is 18.1. The molecule has 1 fully saturated rings. The van der Waals surface area contributed by atoms with Gasteiger partial charge in [0.05, 0.1) is 48.7 Å². The Morgan fingerprint density at radius 2 is 1.38 bits per heavy atom. The lowest BCUT2D eigenvalue weighted by molar-refractivity contribution is -0.152. The first-order valence-electron chi connectivity index (χ1n) is 24.0. The van der Waals surface area contributed by atoms with Crippen LogP contribution >= 0.6 is 0 Å². The SMILES string of the molecule is CC[C@H](C)[C@@H](C(CC(=O)N1CCC[C@H]1[C@H](OC)[C@@H](C)C(=O)N[C@H](C)C(OC(=O)CCCCC(=O)c1ccccc1)c1ccccc1)OC)N(C)C(=O)[C@@H](NC(=O)[C@H](C(C)C)N(C)C)C(C)C. The molecule has 0 bridgehead atoms. The number of Topliss-reactive ketones (excluding diaryl/α,β-unsaturated/α-hetero) is 1. The highest BCUT2D eigenvalue weighted by atomic mass is 16.5. The quantitative estimate of drug-likeness (QED) is 0.0550. The standard InChI is InChI=1S/C52H81N5O9/c1-14-35(6)47(56(11)52(63)45(33(2)3)54-51(62)46(34(4)5)55(9)10)42(64-12)32-43(59)57-31-23-28-40(57)48(65-13)36(7)50(61)53-37(8)49(39-26-19-16-20-27-39)66-44(60)30-22-21-29-41(58)38-24-17-15-18-25-38/h15-20,24-27,33-37,40,42,45-49H,14,21-23,28-32H2,1-13H3,(H,53,61)(H,54,62)/t35-,36+,37+,40-,42?,45-,46-,47-,48+,49?/m0/s1. The summed E-state index contributed by atoms with van der Waals surface area (Å²) in [5.41, 5.74) is 1.38. The zero-order valence-electron chi connectivity index (χ0n) is 42.1. The zero-order valence-corrected chi connectivity index (χ0v) is 42.1. The van der Waals surface area contributed by atoms with Crippen molar-refractivity contribution in [3.8, 4) is 0 Å². The topological polar surface area (TPSA) is 164 Å². The number of unbranched alkanes of at least 4 members (excludes halogenated alkanes) is 1. The van der Waals surface area contributed by atoms with E-state index in [1.54, 1.807) is 57.0 Å². The molecule has 1 aliphatic rings. The van der Waals surface area contributed by atoms with Crippen LogP contribution in [0.3, 0.4) is 0 Å². The first-order valence-corrected chi connectivity index (χ1v) is 24.0. The van der Waals surface area contributed by atoms with Gasteiger partial charge in [0.1, 0.15) is 12.1 Å². The second-order valence-corrected chi connectivity index (χ2v) is 19.1. The maximum atomic E-state index is 14.4. The molecule has 2 aromatic rings. The van der Waals surface area contributed by atoms with Crippen LogP contribution in [0.5, 0.6) is 0 Å². The van der Waals surface area contributed by atoms with E-state index in [1.165, 1.54) is 0 Å². The van der Waals surface area contributed by atoms with E-state index in [2.05, 4.69) is 10.6 Å².